The van der Waals surface area contributed by atoms with E-state index in [0.29, 0.717) is 11.7 Å². The molecule has 2 heterocycles. The molecule has 2 aromatic heterocycles. The number of carbonyl (C=O) groups is 1. The molecule has 0 bridgehead atoms. The average molecular weight is 271 g/mol. The number of aromatic nitrogens is 1. The van der Waals surface area contributed by atoms with Crippen molar-refractivity contribution in [2.45, 2.75) is 4.90 Å². The fourth-order valence-electron chi connectivity index (χ4n) is 2.06. The van der Waals surface area contributed by atoms with Gasteiger partial charge >= 0.3 is 0 Å². The zero-order valence-electron chi connectivity index (χ0n) is 10.0. The van der Waals surface area contributed by atoms with Gasteiger partial charge in [-0.05, 0) is 12.3 Å². The second-order valence-electron chi connectivity index (χ2n) is 3.98. The lowest BCUT2D eigenvalue weighted by Crippen LogP contribution is -2.09. The number of hydrogen-bond donors (Lipinski definition) is 0. The van der Waals surface area contributed by atoms with Gasteiger partial charge in [0.15, 0.2) is 6.29 Å². The first kappa shape index (κ1) is 11.9. The lowest BCUT2D eigenvalue weighted by molar-refractivity contribution is 0.112. The Hall–Kier alpha value is -2.14. The highest BCUT2D eigenvalue weighted by molar-refractivity contribution is 7.99. The zero-order valence-corrected chi connectivity index (χ0v) is 10.9. The van der Waals surface area contributed by atoms with Crippen molar-refractivity contribution >= 4 is 40.1 Å². The van der Waals surface area contributed by atoms with Crippen LogP contribution in [0.2, 0.25) is 0 Å². The number of carbonyl (C=O) groups excluding carboxylic acids is 1. The van der Waals surface area contributed by atoms with Crippen LogP contribution < -0.4 is 5.43 Å². The molecule has 0 unspecified atom stereocenters. The first-order valence-electron chi connectivity index (χ1n) is 5.59. The summed E-state index contributed by atoms with van der Waals surface area (Å²) in [4.78, 5) is 28.2. The number of aldehydes is 1. The van der Waals surface area contributed by atoms with E-state index in [9.17, 15) is 9.59 Å². The summed E-state index contributed by atoms with van der Waals surface area (Å²) in [6, 6.07) is 7.53. The van der Waals surface area contributed by atoms with Gasteiger partial charge < -0.3 is 4.42 Å². The highest BCUT2D eigenvalue weighted by atomic mass is 32.2. The third kappa shape index (κ3) is 1.74. The van der Waals surface area contributed by atoms with Gasteiger partial charge in [-0.1, -0.05) is 18.2 Å². The Morgan fingerprint density at radius 1 is 1.32 bits per heavy atom. The van der Waals surface area contributed by atoms with Gasteiger partial charge in [-0.25, -0.2) is 4.98 Å². The number of para-hydroxylation sites is 1. The molecule has 5 heteroatoms. The third-order valence-corrected chi connectivity index (χ3v) is 3.76. The molecule has 4 nitrogen and oxygen atoms in total. The molecule has 0 fully saturated rings. The van der Waals surface area contributed by atoms with Crippen LogP contribution in [0.25, 0.3) is 22.0 Å². The zero-order chi connectivity index (χ0) is 13.4. The van der Waals surface area contributed by atoms with Crippen LogP contribution in [0.3, 0.4) is 0 Å². The highest BCUT2D eigenvalue weighted by Gasteiger charge is 2.15. The van der Waals surface area contributed by atoms with Crippen molar-refractivity contribution in [3.05, 3.63) is 46.3 Å². The summed E-state index contributed by atoms with van der Waals surface area (Å²) in [6.45, 7) is 0. The molecule has 1 aromatic carbocycles. The van der Waals surface area contributed by atoms with E-state index in [-0.39, 0.29) is 16.7 Å². The van der Waals surface area contributed by atoms with Crippen molar-refractivity contribution in [1.82, 2.24) is 4.98 Å². The van der Waals surface area contributed by atoms with Crippen LogP contribution in [0.1, 0.15) is 10.4 Å². The molecule has 0 atom stereocenters. The molecule has 94 valence electrons. The van der Waals surface area contributed by atoms with Crippen molar-refractivity contribution in [3.8, 4) is 0 Å². The number of rotatable bonds is 2. The SMILES string of the molecule is CSc1c2ccccc2nc2occ(C=O)c(=O)c12. The molecule has 0 N–H and O–H groups in total. The fourth-order valence-corrected chi connectivity index (χ4v) is 2.83. The van der Waals surface area contributed by atoms with Crippen molar-refractivity contribution in [3.63, 3.8) is 0 Å². The Morgan fingerprint density at radius 3 is 2.84 bits per heavy atom. The molecule has 0 spiro atoms. The molecule has 19 heavy (non-hydrogen) atoms. The Labute approximate surface area is 112 Å². The number of benzene rings is 1. The van der Waals surface area contributed by atoms with Crippen LogP contribution >= 0.6 is 11.8 Å². The number of hydrogen-bond acceptors (Lipinski definition) is 5. The van der Waals surface area contributed by atoms with E-state index in [2.05, 4.69) is 4.98 Å². The quantitative estimate of drug-likeness (QED) is 0.407. The normalized spacial score (nSPS) is 11.0. The molecule has 0 amide bonds. The van der Waals surface area contributed by atoms with E-state index in [1.165, 1.54) is 11.8 Å². The fraction of sp³-hybridized carbons (Fsp3) is 0.0714. The predicted molar refractivity (Wildman–Crippen MR) is 75.0 cm³/mol. The standard InChI is InChI=1S/C14H9NO3S/c1-19-13-9-4-2-3-5-10(9)15-14-11(13)12(17)8(6-16)7-18-14/h2-7H,1H3. The van der Waals surface area contributed by atoms with Crippen LogP contribution in [0.4, 0.5) is 0 Å². The minimum Gasteiger partial charge on any atom is -0.445 e. The Kier molecular flexibility index (Phi) is 2.83. The maximum atomic E-state index is 12.2. The lowest BCUT2D eigenvalue weighted by atomic mass is 10.1. The molecule has 0 saturated carbocycles. The van der Waals surface area contributed by atoms with Gasteiger partial charge in [0, 0.05) is 10.3 Å². The van der Waals surface area contributed by atoms with Crippen LogP contribution in [-0.4, -0.2) is 17.5 Å². The Balaban J connectivity index is 2.61. The largest absolute Gasteiger partial charge is 0.445 e. The van der Waals surface area contributed by atoms with E-state index in [4.69, 9.17) is 4.42 Å². The summed E-state index contributed by atoms with van der Waals surface area (Å²) in [6.07, 6.45) is 3.54. The van der Waals surface area contributed by atoms with Gasteiger partial charge in [0.2, 0.25) is 11.1 Å². The van der Waals surface area contributed by atoms with Gasteiger partial charge in [0.05, 0.1) is 16.5 Å². The number of pyridine rings is 1. The number of thioether (sulfide) groups is 1. The molecular weight excluding hydrogens is 262 g/mol. The summed E-state index contributed by atoms with van der Waals surface area (Å²) >= 11 is 1.45. The maximum absolute atomic E-state index is 12.2. The molecule has 0 aliphatic rings. The molecule has 0 saturated heterocycles. The molecule has 3 rings (SSSR count). The second kappa shape index (κ2) is 4.51. The lowest BCUT2D eigenvalue weighted by Gasteiger charge is -2.07. The second-order valence-corrected chi connectivity index (χ2v) is 4.80. The van der Waals surface area contributed by atoms with Gasteiger partial charge in [-0.2, -0.15) is 0 Å². The van der Waals surface area contributed by atoms with E-state index >= 15 is 0 Å². The van der Waals surface area contributed by atoms with E-state index < -0.39 is 0 Å². The predicted octanol–water partition coefficient (Wildman–Crippen LogP) is 2.88. The van der Waals surface area contributed by atoms with Crippen LogP contribution in [0, 0.1) is 0 Å². The van der Waals surface area contributed by atoms with Crippen molar-refractivity contribution in [2.75, 3.05) is 6.26 Å². The monoisotopic (exact) mass is 271 g/mol. The summed E-state index contributed by atoms with van der Waals surface area (Å²) in [5.74, 6) is 0. The molecule has 0 aliphatic carbocycles. The summed E-state index contributed by atoms with van der Waals surface area (Å²) in [5.41, 5.74) is 0.707. The van der Waals surface area contributed by atoms with Gasteiger partial charge in [-0.15, -0.1) is 11.8 Å². The molecular formula is C14H9NO3S. The highest BCUT2D eigenvalue weighted by Crippen LogP contribution is 2.30. The van der Waals surface area contributed by atoms with Gasteiger partial charge in [0.1, 0.15) is 6.26 Å². The Bertz CT molecular complexity index is 854. The summed E-state index contributed by atoms with van der Waals surface area (Å²) in [7, 11) is 0. The third-order valence-electron chi connectivity index (χ3n) is 2.93. The maximum Gasteiger partial charge on any atom is 0.231 e. The first-order chi connectivity index (χ1) is 9.26. The van der Waals surface area contributed by atoms with Gasteiger partial charge in [0.25, 0.3) is 0 Å². The van der Waals surface area contributed by atoms with Gasteiger partial charge in [-0.3, -0.25) is 9.59 Å². The number of nitrogens with zero attached hydrogens (tertiary/aromatic N) is 1. The minimum atomic E-state index is -0.334. The average Bonchev–Trinajstić information content (AvgIpc) is 2.45. The molecule has 3 aromatic rings. The number of fused-ring (bicyclic) bond motifs is 2. The van der Waals surface area contributed by atoms with Crippen molar-refractivity contribution in [1.29, 1.82) is 0 Å². The van der Waals surface area contributed by atoms with E-state index in [1.54, 1.807) is 0 Å². The van der Waals surface area contributed by atoms with Crippen LogP contribution in [0.15, 0.2) is 44.6 Å². The van der Waals surface area contributed by atoms with E-state index in [1.807, 2.05) is 30.5 Å². The van der Waals surface area contributed by atoms with Crippen LogP contribution in [0.5, 0.6) is 0 Å². The topological polar surface area (TPSA) is 60.2 Å². The summed E-state index contributed by atoms with van der Waals surface area (Å²) < 4.78 is 5.31. The molecule has 0 aliphatic heterocycles. The molecule has 0 radical (unpaired) electrons. The van der Waals surface area contributed by atoms with Crippen molar-refractivity contribution < 1.29 is 9.21 Å². The first-order valence-corrected chi connectivity index (χ1v) is 6.82. The smallest absolute Gasteiger partial charge is 0.231 e. The van der Waals surface area contributed by atoms with Crippen LogP contribution in [-0.2, 0) is 0 Å². The van der Waals surface area contributed by atoms with Crippen molar-refractivity contribution in [2.24, 2.45) is 0 Å². The van der Waals surface area contributed by atoms with E-state index in [0.717, 1.165) is 22.1 Å². The Morgan fingerprint density at radius 2 is 2.11 bits per heavy atom. The minimum absolute atomic E-state index is 0.0138. The summed E-state index contributed by atoms with van der Waals surface area (Å²) in [5, 5.41) is 1.26.